The number of nitrogens with one attached hydrogen (secondary N) is 2. The largest absolute Gasteiger partial charge is 0.466 e. The predicted octanol–water partition coefficient (Wildman–Crippen LogP) is 3.36. The van der Waals surface area contributed by atoms with Gasteiger partial charge in [0, 0.05) is 0 Å². The second kappa shape index (κ2) is 12.7. The molecule has 1 aliphatic heterocycles. The lowest BCUT2D eigenvalue weighted by Crippen LogP contribution is -2.53. The second-order valence-electron chi connectivity index (χ2n) is 7.26. The molecule has 1 heterocycles. The molecular weight excluding hydrogens is 434 g/mol. The summed E-state index contributed by atoms with van der Waals surface area (Å²) in [6.07, 6.45) is -0.0478. The van der Waals surface area contributed by atoms with Gasteiger partial charge in [-0.1, -0.05) is 50.6 Å². The zero-order valence-electron chi connectivity index (χ0n) is 18.5. The lowest BCUT2D eigenvalue weighted by atomic mass is 9.98. The van der Waals surface area contributed by atoms with E-state index in [0.29, 0.717) is 6.42 Å². The molecule has 0 radical (unpaired) electrons. The Labute approximate surface area is 192 Å². The fraction of sp³-hybridized carbons (Fsp3) is 0.455. The van der Waals surface area contributed by atoms with Gasteiger partial charge in [-0.25, -0.2) is 9.59 Å². The van der Waals surface area contributed by atoms with E-state index in [-0.39, 0.29) is 38.1 Å². The van der Waals surface area contributed by atoms with Gasteiger partial charge in [-0.2, -0.15) is 0 Å². The Morgan fingerprint density at radius 3 is 2.50 bits per heavy atom. The van der Waals surface area contributed by atoms with Gasteiger partial charge < -0.3 is 14.8 Å². The quantitative estimate of drug-likeness (QED) is 0.426. The molecule has 32 heavy (non-hydrogen) atoms. The summed E-state index contributed by atoms with van der Waals surface area (Å²) in [7, 11) is 0. The van der Waals surface area contributed by atoms with Gasteiger partial charge in [-0.15, -0.1) is 0 Å². The van der Waals surface area contributed by atoms with Crippen LogP contribution in [0.25, 0.3) is 0 Å². The maximum atomic E-state index is 12.7. The summed E-state index contributed by atoms with van der Waals surface area (Å²) < 4.78 is 11.4. The average molecular weight is 464 g/mol. The van der Waals surface area contributed by atoms with Crippen LogP contribution in [0.3, 0.4) is 0 Å². The van der Waals surface area contributed by atoms with Crippen LogP contribution < -0.4 is 10.6 Å². The maximum absolute atomic E-state index is 12.7. The summed E-state index contributed by atoms with van der Waals surface area (Å²) in [4.78, 5) is 49.1. The van der Waals surface area contributed by atoms with E-state index >= 15 is 0 Å². The highest BCUT2D eigenvalue weighted by Crippen LogP contribution is 2.26. The molecule has 0 saturated heterocycles. The van der Waals surface area contributed by atoms with Gasteiger partial charge in [0.2, 0.25) is 0 Å². The highest BCUT2D eigenvalue weighted by molar-refractivity contribution is 8.00. The summed E-state index contributed by atoms with van der Waals surface area (Å²) in [6.45, 7) is 5.96. The average Bonchev–Trinajstić information content (AvgIpc) is 3.24. The van der Waals surface area contributed by atoms with Crippen LogP contribution in [0.1, 0.15) is 39.2 Å². The monoisotopic (exact) mass is 463 g/mol. The van der Waals surface area contributed by atoms with Crippen molar-refractivity contribution in [2.75, 3.05) is 13.2 Å². The third-order valence-electron chi connectivity index (χ3n) is 4.81. The topological polar surface area (TPSA) is 114 Å². The smallest absolute Gasteiger partial charge is 0.408 e. The number of ether oxygens (including phenoxy) is 2. The fourth-order valence-electron chi connectivity index (χ4n) is 2.85. The van der Waals surface area contributed by atoms with E-state index in [4.69, 9.17) is 9.47 Å². The van der Waals surface area contributed by atoms with Gasteiger partial charge in [0.25, 0.3) is 5.91 Å². The van der Waals surface area contributed by atoms with Crippen molar-refractivity contribution < 1.29 is 28.7 Å². The van der Waals surface area contributed by atoms with Crippen molar-refractivity contribution in [2.45, 2.75) is 46.3 Å². The summed E-state index contributed by atoms with van der Waals surface area (Å²) in [5.74, 6) is -1.22. The van der Waals surface area contributed by atoms with Crippen LogP contribution in [0.5, 0.6) is 0 Å². The van der Waals surface area contributed by atoms with E-state index in [1.165, 1.54) is 4.31 Å². The Hall–Kier alpha value is -3.01. The minimum absolute atomic E-state index is 0.0692. The first-order valence-electron chi connectivity index (χ1n) is 10.4. The number of alkyl carbamates (subject to hydrolysis) is 1. The standard InChI is InChI=1S/C22H29N3O6S/c1-4-15(3)19(23-22(29)31-13-16-9-7-6-8-10-16)20(27)24-21(28)25-12-17(14-32-25)11-18(26)30-5-2/h6-10,14-15,19H,4-5,11-13H2,1-3H3,(H,23,29)(H,24,27,28)/t15-,19-/m0/s1. The molecule has 2 rings (SSSR count). The van der Waals surface area contributed by atoms with Crippen molar-refractivity contribution in [3.05, 3.63) is 46.9 Å². The van der Waals surface area contributed by atoms with E-state index in [9.17, 15) is 19.2 Å². The molecule has 2 atom stereocenters. The highest BCUT2D eigenvalue weighted by Gasteiger charge is 2.30. The van der Waals surface area contributed by atoms with Crippen molar-refractivity contribution in [2.24, 2.45) is 5.92 Å². The molecule has 0 aliphatic carbocycles. The van der Waals surface area contributed by atoms with Crippen LogP contribution in [0, 0.1) is 5.92 Å². The minimum atomic E-state index is -0.938. The molecule has 1 aromatic carbocycles. The SMILES string of the molecule is CCOC(=O)CC1=CSN(C(=O)NC(=O)[C@@H](NC(=O)OCc2ccccc2)[C@@H](C)CC)C1. The Balaban J connectivity index is 1.87. The number of hydrogen-bond acceptors (Lipinski definition) is 7. The normalized spacial score (nSPS) is 14.7. The predicted molar refractivity (Wildman–Crippen MR) is 120 cm³/mol. The molecule has 0 spiro atoms. The number of rotatable bonds is 9. The Morgan fingerprint density at radius 1 is 1.12 bits per heavy atom. The van der Waals surface area contributed by atoms with Gasteiger partial charge in [-0.05, 0) is 41.3 Å². The number of urea groups is 1. The van der Waals surface area contributed by atoms with Gasteiger partial charge in [0.05, 0.1) is 19.6 Å². The number of nitrogens with zero attached hydrogens (tertiary/aromatic N) is 1. The second-order valence-corrected chi connectivity index (χ2v) is 8.15. The number of esters is 1. The third kappa shape index (κ3) is 7.92. The molecule has 1 aromatic rings. The van der Waals surface area contributed by atoms with Gasteiger partial charge in [0.15, 0.2) is 0 Å². The molecule has 0 bridgehead atoms. The molecule has 0 saturated carbocycles. The van der Waals surface area contributed by atoms with Crippen molar-refractivity contribution in [3.8, 4) is 0 Å². The van der Waals surface area contributed by atoms with Crippen LogP contribution in [0.2, 0.25) is 0 Å². The van der Waals surface area contributed by atoms with Crippen molar-refractivity contribution >= 4 is 35.9 Å². The van der Waals surface area contributed by atoms with Crippen LogP contribution in [0.4, 0.5) is 9.59 Å². The zero-order valence-corrected chi connectivity index (χ0v) is 19.3. The first-order valence-corrected chi connectivity index (χ1v) is 11.3. The highest BCUT2D eigenvalue weighted by atomic mass is 32.2. The molecule has 4 amide bonds. The van der Waals surface area contributed by atoms with Crippen molar-refractivity contribution in [1.82, 2.24) is 14.9 Å². The van der Waals surface area contributed by atoms with Crippen LogP contribution >= 0.6 is 11.9 Å². The maximum Gasteiger partial charge on any atom is 0.408 e. The molecule has 0 fully saturated rings. The van der Waals surface area contributed by atoms with E-state index in [1.54, 1.807) is 19.3 Å². The van der Waals surface area contributed by atoms with E-state index in [0.717, 1.165) is 23.1 Å². The molecule has 2 N–H and O–H groups in total. The molecule has 9 nitrogen and oxygen atoms in total. The van der Waals surface area contributed by atoms with Crippen LogP contribution in [-0.2, 0) is 25.7 Å². The van der Waals surface area contributed by atoms with Gasteiger partial charge in [0.1, 0.15) is 12.6 Å². The number of carbonyl (C=O) groups excluding carboxylic acids is 4. The van der Waals surface area contributed by atoms with Gasteiger partial charge >= 0.3 is 18.1 Å². The Kier molecular flexibility index (Phi) is 10.1. The summed E-state index contributed by atoms with van der Waals surface area (Å²) in [6, 6.07) is 7.61. The molecular formula is C22H29N3O6S. The number of hydrogen-bond donors (Lipinski definition) is 2. The molecule has 174 valence electrons. The molecule has 1 aliphatic rings. The van der Waals surface area contributed by atoms with Crippen LogP contribution in [0.15, 0.2) is 41.3 Å². The third-order valence-corrected chi connectivity index (χ3v) is 5.80. The number of carbonyl (C=O) groups is 4. The summed E-state index contributed by atoms with van der Waals surface area (Å²) in [5, 5.41) is 6.57. The van der Waals surface area contributed by atoms with Crippen molar-refractivity contribution in [1.29, 1.82) is 0 Å². The lowest BCUT2D eigenvalue weighted by molar-refractivity contribution is -0.142. The van der Waals surface area contributed by atoms with E-state index in [2.05, 4.69) is 10.6 Å². The molecule has 0 aromatic heterocycles. The Bertz CT molecular complexity index is 845. The van der Waals surface area contributed by atoms with Crippen LogP contribution in [-0.4, -0.2) is 47.5 Å². The van der Waals surface area contributed by atoms with E-state index < -0.39 is 24.1 Å². The molecule has 10 heteroatoms. The minimum Gasteiger partial charge on any atom is -0.466 e. The first-order chi connectivity index (χ1) is 15.3. The molecule has 0 unspecified atom stereocenters. The number of amides is 4. The summed E-state index contributed by atoms with van der Waals surface area (Å²) in [5.41, 5.74) is 1.54. The number of imide groups is 1. The van der Waals surface area contributed by atoms with E-state index in [1.807, 2.05) is 37.3 Å². The fourth-order valence-corrected chi connectivity index (χ4v) is 3.67. The zero-order chi connectivity index (χ0) is 23.5. The summed E-state index contributed by atoms with van der Waals surface area (Å²) >= 11 is 1.09. The Morgan fingerprint density at radius 2 is 1.84 bits per heavy atom. The number of benzene rings is 1. The first kappa shape index (κ1) is 25.3. The lowest BCUT2D eigenvalue weighted by Gasteiger charge is -2.24. The van der Waals surface area contributed by atoms with Gasteiger partial charge in [-0.3, -0.25) is 19.2 Å². The van der Waals surface area contributed by atoms with Crippen molar-refractivity contribution in [3.63, 3.8) is 0 Å².